The smallest absolute Gasteiger partial charge is 0.329 e. The molecule has 2 aliphatic heterocycles. The fourth-order valence-corrected chi connectivity index (χ4v) is 11.2. The van der Waals surface area contributed by atoms with E-state index in [1.807, 2.05) is 19.1 Å². The van der Waals surface area contributed by atoms with Crippen molar-refractivity contribution in [3.05, 3.63) is 12.2 Å². The number of aliphatic hydroxyl groups excluding tert-OH is 1. The lowest BCUT2D eigenvalue weighted by atomic mass is 9.37. The molecule has 3 saturated carbocycles. The maximum Gasteiger partial charge on any atom is 0.329 e. The molecule has 0 aromatic rings. The molecular formula is C29H39NO10S. The number of amides is 1. The Hall–Kier alpha value is -1.99. The van der Waals surface area contributed by atoms with Gasteiger partial charge in [0.25, 0.3) is 0 Å². The number of hydrogen-bond donors (Lipinski definition) is 5. The van der Waals surface area contributed by atoms with Crippen molar-refractivity contribution in [1.82, 2.24) is 5.32 Å². The maximum atomic E-state index is 15.0. The predicted octanol–water partition coefficient (Wildman–Crippen LogP) is 0.638. The van der Waals surface area contributed by atoms with Crippen LogP contribution in [0.5, 0.6) is 0 Å². The molecule has 0 aromatic carbocycles. The lowest BCUT2D eigenvalue weighted by Crippen LogP contribution is -2.80. The number of thioether (sulfide) groups is 1. The van der Waals surface area contributed by atoms with Crippen molar-refractivity contribution in [2.75, 3.05) is 11.5 Å². The number of aliphatic carboxylic acids is 1. The molecule has 6 aliphatic rings. The highest BCUT2D eigenvalue weighted by atomic mass is 32.2. The van der Waals surface area contributed by atoms with Gasteiger partial charge in [0.05, 0.1) is 6.10 Å². The summed E-state index contributed by atoms with van der Waals surface area (Å²) < 4.78 is 12.5. The minimum absolute atomic E-state index is 0.0308. The Morgan fingerprint density at radius 1 is 1.17 bits per heavy atom. The van der Waals surface area contributed by atoms with Crippen LogP contribution in [-0.4, -0.2) is 90.3 Å². The third-order valence-electron chi connectivity index (χ3n) is 11.9. The number of carbonyl (C=O) groups is 4. The minimum Gasteiger partial charge on any atom is -0.480 e. The summed E-state index contributed by atoms with van der Waals surface area (Å²) in [5, 5.41) is 48.2. The number of ether oxygens (including phenoxy) is 2. The van der Waals surface area contributed by atoms with Crippen molar-refractivity contribution in [2.45, 2.75) is 88.6 Å². The van der Waals surface area contributed by atoms with Crippen LogP contribution >= 0.6 is 11.8 Å². The van der Waals surface area contributed by atoms with Gasteiger partial charge >= 0.3 is 11.9 Å². The van der Waals surface area contributed by atoms with E-state index in [1.54, 1.807) is 20.8 Å². The van der Waals surface area contributed by atoms with Crippen LogP contribution in [-0.2, 0) is 28.7 Å². The highest BCUT2D eigenvalue weighted by Gasteiger charge is 3.00. The Balaban J connectivity index is 1.45. The molecule has 0 aromatic heterocycles. The fraction of sp³-hybridized carbons (Fsp3) is 0.793. The third kappa shape index (κ3) is 2.96. The monoisotopic (exact) mass is 593 g/mol. The molecule has 1 amide bonds. The van der Waals surface area contributed by atoms with Gasteiger partial charge in [0.2, 0.25) is 17.1 Å². The van der Waals surface area contributed by atoms with Crippen LogP contribution < -0.4 is 5.32 Å². The van der Waals surface area contributed by atoms with E-state index >= 15 is 4.79 Å². The summed E-state index contributed by atoms with van der Waals surface area (Å²) >= 11 is 1.05. The van der Waals surface area contributed by atoms with E-state index in [-0.39, 0.29) is 35.7 Å². The molecule has 226 valence electrons. The maximum absolute atomic E-state index is 15.0. The van der Waals surface area contributed by atoms with E-state index in [2.05, 4.69) is 5.32 Å². The second-order valence-electron chi connectivity index (χ2n) is 13.7. The fourth-order valence-electron chi connectivity index (χ4n) is 9.82. The Bertz CT molecular complexity index is 1270. The summed E-state index contributed by atoms with van der Waals surface area (Å²) in [6, 6.07) is -1.22. The number of esters is 1. The molecule has 1 spiro atoms. The third-order valence-corrected chi connectivity index (χ3v) is 13.1. The molecule has 5 fully saturated rings. The van der Waals surface area contributed by atoms with Crippen molar-refractivity contribution in [3.63, 3.8) is 0 Å². The van der Waals surface area contributed by atoms with Gasteiger partial charge in [0.1, 0.15) is 17.2 Å². The molecule has 13 atom stereocenters. The zero-order chi connectivity index (χ0) is 30.1. The number of carbonyl (C=O) groups excluding carboxylic acids is 3. The SMILES string of the molecule is CC(=O)NC(CSCC12OC(=O)C34C(=O)C5(C)C6CCC(C)C(O)C6C=CC5C(C)(OC13O)C4(O)CC2C)C(=O)O. The van der Waals surface area contributed by atoms with E-state index < -0.39 is 81.0 Å². The van der Waals surface area contributed by atoms with Gasteiger partial charge in [-0.1, -0.05) is 32.9 Å². The molecule has 5 N–H and O–H groups in total. The summed E-state index contributed by atoms with van der Waals surface area (Å²) in [5.41, 5.74) is -9.04. The zero-order valence-electron chi connectivity index (χ0n) is 23.9. The summed E-state index contributed by atoms with van der Waals surface area (Å²) in [6.45, 7) is 8.33. The molecule has 13 unspecified atom stereocenters. The van der Waals surface area contributed by atoms with Crippen LogP contribution in [0.2, 0.25) is 0 Å². The number of Topliss-reactive ketones (excluding diaryl/α,β-unsaturated/α-hetero) is 1. The second-order valence-corrected chi connectivity index (χ2v) is 14.7. The first-order chi connectivity index (χ1) is 19.0. The zero-order valence-corrected chi connectivity index (χ0v) is 24.7. The highest BCUT2D eigenvalue weighted by molar-refractivity contribution is 7.99. The lowest BCUT2D eigenvalue weighted by Gasteiger charge is -2.63. The molecule has 2 saturated heterocycles. The van der Waals surface area contributed by atoms with E-state index in [0.717, 1.165) is 11.8 Å². The Morgan fingerprint density at radius 2 is 1.85 bits per heavy atom. The van der Waals surface area contributed by atoms with Gasteiger partial charge in [-0.15, -0.1) is 0 Å². The summed E-state index contributed by atoms with van der Waals surface area (Å²) in [6.07, 6.45) is 4.31. The molecule has 12 heteroatoms. The number of hydrogen-bond acceptors (Lipinski definition) is 10. The Morgan fingerprint density at radius 3 is 2.49 bits per heavy atom. The number of carboxylic acids is 1. The van der Waals surface area contributed by atoms with Gasteiger partial charge in [0.15, 0.2) is 11.4 Å². The first kappa shape index (κ1) is 29.1. The number of rotatable bonds is 6. The number of aliphatic hydroxyl groups is 3. The second kappa shape index (κ2) is 8.56. The minimum atomic E-state index is -2.53. The van der Waals surface area contributed by atoms with Crippen molar-refractivity contribution >= 4 is 35.4 Å². The van der Waals surface area contributed by atoms with Crippen LogP contribution in [0.1, 0.15) is 53.9 Å². The van der Waals surface area contributed by atoms with Gasteiger partial charge in [0, 0.05) is 41.6 Å². The van der Waals surface area contributed by atoms with Crippen LogP contribution in [0.4, 0.5) is 0 Å². The average Bonchev–Trinajstić information content (AvgIpc) is 3.07. The highest BCUT2D eigenvalue weighted by Crippen LogP contribution is 2.80. The topological polar surface area (TPSA) is 180 Å². The number of nitrogens with one attached hydrogen (secondary N) is 1. The molecule has 41 heavy (non-hydrogen) atoms. The number of fused-ring (bicyclic) bond motifs is 4. The number of carboxylic acid groups (broad SMARTS) is 1. The van der Waals surface area contributed by atoms with Crippen LogP contribution in [0.3, 0.4) is 0 Å². The standard InChI is InChI=1S/C29H39NO10S/c1-13-6-8-17-16(20(13)32)7-9-19-24(17,4)22(35)28-23(36)39-26(12-41-11-18(21(33)34)30-15(3)31)14(2)10-27(28,37)25(19,5)40-29(26,28)38/h7,9,13-14,16-20,32,37-38H,6,8,10-12H2,1-5H3,(H,30,31)(H,33,34). The molecule has 11 nitrogen and oxygen atoms in total. The van der Waals surface area contributed by atoms with Crippen molar-refractivity contribution < 1.29 is 49.1 Å². The van der Waals surface area contributed by atoms with E-state index in [4.69, 9.17) is 9.47 Å². The van der Waals surface area contributed by atoms with Crippen molar-refractivity contribution in [3.8, 4) is 0 Å². The molecular weight excluding hydrogens is 554 g/mol. The summed E-state index contributed by atoms with van der Waals surface area (Å²) in [7, 11) is 0. The first-order valence-corrected chi connectivity index (χ1v) is 15.5. The Kier molecular flexibility index (Phi) is 6.07. The molecule has 0 radical (unpaired) electrons. The van der Waals surface area contributed by atoms with Crippen molar-refractivity contribution in [1.29, 1.82) is 0 Å². The largest absolute Gasteiger partial charge is 0.480 e. The van der Waals surface area contributed by atoms with Gasteiger partial charge in [-0.25, -0.2) is 4.79 Å². The quantitative estimate of drug-likeness (QED) is 0.166. The summed E-state index contributed by atoms with van der Waals surface area (Å²) in [5.74, 6) is -8.16. The number of ketones is 1. The van der Waals surface area contributed by atoms with Crippen LogP contribution in [0.25, 0.3) is 0 Å². The van der Waals surface area contributed by atoms with Crippen LogP contribution in [0.15, 0.2) is 12.2 Å². The predicted molar refractivity (Wildman–Crippen MR) is 144 cm³/mol. The lowest BCUT2D eigenvalue weighted by molar-refractivity contribution is -0.302. The van der Waals surface area contributed by atoms with E-state index in [9.17, 15) is 34.8 Å². The van der Waals surface area contributed by atoms with E-state index in [1.165, 1.54) is 6.92 Å². The summed E-state index contributed by atoms with van der Waals surface area (Å²) in [4.78, 5) is 52.4. The molecule has 4 aliphatic carbocycles. The molecule has 5 bridgehead atoms. The van der Waals surface area contributed by atoms with Crippen molar-refractivity contribution in [2.24, 2.45) is 40.4 Å². The molecule has 6 rings (SSSR count). The molecule has 2 heterocycles. The first-order valence-electron chi connectivity index (χ1n) is 14.4. The van der Waals surface area contributed by atoms with Gasteiger partial charge in [-0.2, -0.15) is 11.8 Å². The van der Waals surface area contributed by atoms with E-state index in [0.29, 0.717) is 12.8 Å². The average molecular weight is 594 g/mol. The Labute approximate surface area is 242 Å². The normalized spacial score (nSPS) is 53.3. The van der Waals surface area contributed by atoms with Gasteiger partial charge < -0.3 is 35.2 Å². The van der Waals surface area contributed by atoms with Crippen LogP contribution in [0, 0.1) is 40.4 Å². The van der Waals surface area contributed by atoms with Gasteiger partial charge in [-0.3, -0.25) is 14.4 Å². The van der Waals surface area contributed by atoms with Gasteiger partial charge in [-0.05, 0) is 38.0 Å².